The largest absolute Gasteiger partial charge is 0.462 e. The number of amides is 1. The van der Waals surface area contributed by atoms with Crippen molar-refractivity contribution in [2.75, 3.05) is 18.1 Å². The molecule has 0 aliphatic rings. The highest BCUT2D eigenvalue weighted by molar-refractivity contribution is 7.16. The Hall–Kier alpha value is -3.30. The number of hydrogen-bond donors (Lipinski definition) is 0. The first kappa shape index (κ1) is 22.9. The summed E-state index contributed by atoms with van der Waals surface area (Å²) in [7, 11) is 0. The minimum Gasteiger partial charge on any atom is -0.462 e. The predicted octanol–water partition coefficient (Wildman–Crippen LogP) is 5.54. The van der Waals surface area contributed by atoms with Crippen LogP contribution in [-0.2, 0) is 11.2 Å². The molecule has 4 rings (SSSR count). The first-order valence-electron chi connectivity index (χ1n) is 10.5. The molecule has 4 aromatic rings. The molecule has 0 N–H and O–H groups in total. The Morgan fingerprint density at radius 2 is 1.76 bits per heavy atom. The van der Waals surface area contributed by atoms with Crippen molar-refractivity contribution in [2.24, 2.45) is 0 Å². The van der Waals surface area contributed by atoms with Gasteiger partial charge < -0.3 is 9.15 Å². The van der Waals surface area contributed by atoms with Gasteiger partial charge in [0.15, 0.2) is 21.6 Å². The van der Waals surface area contributed by atoms with E-state index < -0.39 is 5.97 Å². The second kappa shape index (κ2) is 10.1. The van der Waals surface area contributed by atoms with Gasteiger partial charge in [-0.1, -0.05) is 30.3 Å². The second-order valence-electron chi connectivity index (χ2n) is 7.22. The number of carbonyl (C=O) groups excluding carboxylic acids is 2. The fourth-order valence-corrected chi connectivity index (χ4v) is 5.08. The van der Waals surface area contributed by atoms with Gasteiger partial charge in [-0.15, -0.1) is 22.7 Å². The maximum absolute atomic E-state index is 13.7. The lowest BCUT2D eigenvalue weighted by Crippen LogP contribution is -2.33. The van der Waals surface area contributed by atoms with Gasteiger partial charge in [-0.2, -0.15) is 0 Å². The predicted molar refractivity (Wildman–Crippen MR) is 129 cm³/mol. The van der Waals surface area contributed by atoms with E-state index in [1.165, 1.54) is 22.7 Å². The zero-order valence-electron chi connectivity index (χ0n) is 18.5. The molecule has 170 valence electrons. The molecule has 3 heterocycles. The van der Waals surface area contributed by atoms with Gasteiger partial charge in [0.2, 0.25) is 0 Å². The molecule has 7 nitrogen and oxygen atoms in total. The topological polar surface area (TPSA) is 85.5 Å². The third kappa shape index (κ3) is 5.04. The molecular formula is C24H23N3O4S2. The number of anilines is 1. The molecule has 1 amide bonds. The van der Waals surface area contributed by atoms with Crippen LogP contribution >= 0.6 is 22.7 Å². The van der Waals surface area contributed by atoms with E-state index in [0.29, 0.717) is 39.4 Å². The molecule has 9 heteroatoms. The molecule has 0 aliphatic heterocycles. The summed E-state index contributed by atoms with van der Waals surface area (Å²) >= 11 is 2.70. The Morgan fingerprint density at radius 1 is 1.00 bits per heavy atom. The Balaban J connectivity index is 1.68. The number of carbonyl (C=O) groups is 2. The molecule has 0 saturated carbocycles. The third-order valence-corrected chi connectivity index (χ3v) is 6.91. The van der Waals surface area contributed by atoms with Gasteiger partial charge in [-0.3, -0.25) is 9.69 Å². The van der Waals surface area contributed by atoms with Crippen LogP contribution in [0.3, 0.4) is 0 Å². The SMILES string of the molecule is CCOC(=O)c1nc(N(CCc2ccccc2)C(=O)c2nc(-c3ccco3)sc2C)sc1C. The number of hydrogen-bond acceptors (Lipinski definition) is 8. The number of rotatable bonds is 8. The fraction of sp³-hybridized carbons (Fsp3) is 0.250. The average molecular weight is 482 g/mol. The van der Waals surface area contributed by atoms with Crippen LogP contribution in [0, 0.1) is 13.8 Å². The lowest BCUT2D eigenvalue weighted by molar-refractivity contribution is 0.0519. The van der Waals surface area contributed by atoms with E-state index in [2.05, 4.69) is 9.97 Å². The lowest BCUT2D eigenvalue weighted by atomic mass is 10.1. The van der Waals surface area contributed by atoms with Gasteiger partial charge in [-0.25, -0.2) is 14.8 Å². The van der Waals surface area contributed by atoms with Crippen molar-refractivity contribution >= 4 is 39.7 Å². The quantitative estimate of drug-likeness (QED) is 0.307. The van der Waals surface area contributed by atoms with Gasteiger partial charge in [0.05, 0.1) is 12.9 Å². The molecule has 0 radical (unpaired) electrons. The van der Waals surface area contributed by atoms with Crippen molar-refractivity contribution < 1.29 is 18.7 Å². The van der Waals surface area contributed by atoms with Crippen LogP contribution in [0.25, 0.3) is 10.8 Å². The van der Waals surface area contributed by atoms with E-state index in [4.69, 9.17) is 9.15 Å². The van der Waals surface area contributed by atoms with Crippen molar-refractivity contribution in [2.45, 2.75) is 27.2 Å². The van der Waals surface area contributed by atoms with Gasteiger partial charge in [-0.05, 0) is 44.9 Å². The summed E-state index contributed by atoms with van der Waals surface area (Å²) in [6.45, 7) is 6.07. The number of esters is 1. The van der Waals surface area contributed by atoms with Crippen LogP contribution < -0.4 is 4.90 Å². The van der Waals surface area contributed by atoms with E-state index in [-0.39, 0.29) is 18.2 Å². The molecule has 0 aliphatic carbocycles. The molecule has 0 spiro atoms. The molecule has 0 bridgehead atoms. The zero-order valence-corrected chi connectivity index (χ0v) is 20.2. The van der Waals surface area contributed by atoms with E-state index >= 15 is 0 Å². The van der Waals surface area contributed by atoms with Gasteiger partial charge >= 0.3 is 5.97 Å². The Kier molecular flexibility index (Phi) is 7.00. The minimum absolute atomic E-state index is 0.237. The summed E-state index contributed by atoms with van der Waals surface area (Å²) in [4.78, 5) is 38.1. The summed E-state index contributed by atoms with van der Waals surface area (Å²) < 4.78 is 10.6. The molecule has 1 aromatic carbocycles. The molecule has 0 unspecified atom stereocenters. The molecule has 33 heavy (non-hydrogen) atoms. The highest BCUT2D eigenvalue weighted by Gasteiger charge is 2.28. The third-order valence-electron chi connectivity index (χ3n) is 4.93. The summed E-state index contributed by atoms with van der Waals surface area (Å²) in [5.41, 5.74) is 1.69. The highest BCUT2D eigenvalue weighted by Crippen LogP contribution is 2.32. The molecule has 0 fully saturated rings. The van der Waals surface area contributed by atoms with Gasteiger partial charge in [0.25, 0.3) is 5.91 Å². The van der Waals surface area contributed by atoms with Crippen LogP contribution in [0.2, 0.25) is 0 Å². The number of furan rings is 1. The number of thiazole rings is 2. The number of ether oxygens (including phenoxy) is 1. The van der Waals surface area contributed by atoms with Crippen molar-refractivity contribution in [1.29, 1.82) is 0 Å². The summed E-state index contributed by atoms with van der Waals surface area (Å²) in [6, 6.07) is 13.5. The first-order valence-corrected chi connectivity index (χ1v) is 12.1. The summed E-state index contributed by atoms with van der Waals surface area (Å²) in [5, 5.41) is 1.09. The molecule has 3 aromatic heterocycles. The fourth-order valence-electron chi connectivity index (χ4n) is 3.28. The molecule has 0 atom stereocenters. The van der Waals surface area contributed by atoms with Crippen molar-refractivity contribution in [3.8, 4) is 10.8 Å². The van der Waals surface area contributed by atoms with Crippen LogP contribution in [0.1, 0.15) is 43.2 Å². The first-order chi connectivity index (χ1) is 16.0. The van der Waals surface area contributed by atoms with Crippen LogP contribution in [0.4, 0.5) is 5.13 Å². The maximum atomic E-state index is 13.7. The average Bonchev–Trinajstić information content (AvgIpc) is 3.55. The Bertz CT molecular complexity index is 1250. The molecule has 0 saturated heterocycles. The minimum atomic E-state index is -0.488. The monoisotopic (exact) mass is 481 g/mol. The normalized spacial score (nSPS) is 10.9. The number of aryl methyl sites for hydroxylation is 2. The smallest absolute Gasteiger partial charge is 0.358 e. The summed E-state index contributed by atoms with van der Waals surface area (Å²) in [5.74, 6) is -0.132. The van der Waals surface area contributed by atoms with Crippen molar-refractivity contribution in [1.82, 2.24) is 9.97 Å². The van der Waals surface area contributed by atoms with Gasteiger partial charge in [0.1, 0.15) is 5.69 Å². The van der Waals surface area contributed by atoms with E-state index in [9.17, 15) is 9.59 Å². The van der Waals surface area contributed by atoms with Crippen LogP contribution in [0.15, 0.2) is 53.1 Å². The number of nitrogens with zero attached hydrogens (tertiary/aromatic N) is 3. The van der Waals surface area contributed by atoms with Crippen LogP contribution in [-0.4, -0.2) is 35.0 Å². The van der Waals surface area contributed by atoms with E-state index in [1.54, 1.807) is 31.1 Å². The lowest BCUT2D eigenvalue weighted by Gasteiger charge is -2.19. The van der Waals surface area contributed by atoms with E-state index in [0.717, 1.165) is 10.4 Å². The summed E-state index contributed by atoms with van der Waals surface area (Å²) in [6.07, 6.45) is 2.21. The van der Waals surface area contributed by atoms with Crippen molar-refractivity contribution in [3.05, 3.63) is 75.4 Å². The molecular weight excluding hydrogens is 458 g/mol. The second-order valence-corrected chi connectivity index (χ2v) is 9.60. The van der Waals surface area contributed by atoms with E-state index in [1.807, 2.05) is 43.3 Å². The number of benzene rings is 1. The maximum Gasteiger partial charge on any atom is 0.358 e. The Labute approximate surface area is 199 Å². The zero-order chi connectivity index (χ0) is 23.4. The highest BCUT2D eigenvalue weighted by atomic mass is 32.1. The van der Waals surface area contributed by atoms with Crippen LogP contribution in [0.5, 0.6) is 0 Å². The van der Waals surface area contributed by atoms with Gasteiger partial charge in [0, 0.05) is 16.3 Å². The Morgan fingerprint density at radius 3 is 2.45 bits per heavy atom. The number of aromatic nitrogens is 2. The standard InChI is InChI=1S/C24H23N3O4S2/c1-4-30-23(29)20-16(3)33-24(26-20)27(13-12-17-9-6-5-7-10-17)22(28)19-15(2)32-21(25-19)18-11-8-14-31-18/h5-11,14H,4,12-13H2,1-3H3. The van der Waals surface area contributed by atoms with Crippen molar-refractivity contribution in [3.63, 3.8) is 0 Å².